The molecule has 0 aliphatic heterocycles. The molecule has 1 aliphatic rings. The molecule has 23 heavy (non-hydrogen) atoms. The van der Waals surface area contributed by atoms with Crippen LogP contribution in [-0.4, -0.2) is 26.7 Å². The normalized spacial score (nSPS) is 18.3. The number of aromatic nitrogens is 2. The minimum Gasteiger partial charge on any atom is -0.337 e. The van der Waals surface area contributed by atoms with Crippen molar-refractivity contribution in [2.24, 2.45) is 0 Å². The average Bonchev–Trinajstić information content (AvgIpc) is 3.05. The highest BCUT2D eigenvalue weighted by atomic mass is 32.2. The lowest BCUT2D eigenvalue weighted by molar-refractivity contribution is -0.121. The lowest BCUT2D eigenvalue weighted by Gasteiger charge is -2.32. The summed E-state index contributed by atoms with van der Waals surface area (Å²) in [6.07, 6.45) is 6.15. The summed E-state index contributed by atoms with van der Waals surface area (Å²) in [5.74, 6) is -0.0956. The summed E-state index contributed by atoms with van der Waals surface area (Å²) in [5.41, 5.74) is 0.217. The van der Waals surface area contributed by atoms with Crippen LogP contribution < -0.4 is 5.32 Å². The Kier molecular flexibility index (Phi) is 4.83. The first-order valence-corrected chi connectivity index (χ1v) is 9.48. The second-order valence-corrected chi connectivity index (χ2v) is 8.06. The summed E-state index contributed by atoms with van der Waals surface area (Å²) >= 11 is 3.00. The van der Waals surface area contributed by atoms with Crippen LogP contribution in [0.25, 0.3) is 10.2 Å². The van der Waals surface area contributed by atoms with Gasteiger partial charge in [0.25, 0.3) is 0 Å². The molecule has 5 nitrogen and oxygen atoms in total. The van der Waals surface area contributed by atoms with Gasteiger partial charge in [0, 0.05) is 0 Å². The summed E-state index contributed by atoms with van der Waals surface area (Å²) in [5, 5.41) is 15.0. The highest BCUT2D eigenvalue weighted by molar-refractivity contribution is 8.00. The molecule has 7 heteroatoms. The molecule has 0 spiro atoms. The second-order valence-electron chi connectivity index (χ2n) is 5.82. The van der Waals surface area contributed by atoms with E-state index in [4.69, 9.17) is 0 Å². The monoisotopic (exact) mass is 346 g/mol. The van der Waals surface area contributed by atoms with Crippen molar-refractivity contribution in [2.75, 3.05) is 0 Å². The molecule has 1 amide bonds. The second kappa shape index (κ2) is 6.85. The Hall–Kier alpha value is -1.65. The molecule has 2 aromatic rings. The third-order valence-electron chi connectivity index (χ3n) is 4.15. The van der Waals surface area contributed by atoms with Crippen LogP contribution in [0.5, 0.6) is 0 Å². The number of amides is 1. The number of carbonyl (C=O) groups is 1. The van der Waals surface area contributed by atoms with E-state index in [2.05, 4.69) is 21.4 Å². The molecular formula is C16H18N4OS2. The fourth-order valence-corrected chi connectivity index (χ4v) is 4.67. The number of carbonyl (C=O) groups excluding carboxylic acids is 1. The number of hydrogen-bond donors (Lipinski definition) is 1. The predicted molar refractivity (Wildman–Crippen MR) is 92.3 cm³/mol. The van der Waals surface area contributed by atoms with Crippen molar-refractivity contribution in [3.05, 3.63) is 17.8 Å². The zero-order valence-corrected chi connectivity index (χ0v) is 14.5. The molecular weight excluding hydrogens is 328 g/mol. The lowest BCUT2D eigenvalue weighted by atomic mass is 9.83. The molecule has 1 fully saturated rings. The molecule has 3 rings (SSSR count). The van der Waals surface area contributed by atoms with Crippen LogP contribution in [0.15, 0.2) is 22.8 Å². The van der Waals surface area contributed by atoms with Gasteiger partial charge in [-0.2, -0.15) is 5.26 Å². The Morgan fingerprint density at radius 3 is 2.96 bits per heavy atom. The summed E-state index contributed by atoms with van der Waals surface area (Å²) in [7, 11) is 0. The fourth-order valence-electron chi connectivity index (χ4n) is 2.83. The van der Waals surface area contributed by atoms with Crippen molar-refractivity contribution in [1.82, 2.24) is 15.3 Å². The van der Waals surface area contributed by atoms with Crippen LogP contribution in [0.4, 0.5) is 0 Å². The molecule has 1 N–H and O–H groups in total. The van der Waals surface area contributed by atoms with E-state index in [1.54, 1.807) is 11.3 Å². The Balaban J connectivity index is 1.70. The van der Waals surface area contributed by atoms with Crippen LogP contribution in [0.3, 0.4) is 0 Å². The molecule has 1 saturated carbocycles. The minimum absolute atomic E-state index is 0.0956. The van der Waals surface area contributed by atoms with Crippen molar-refractivity contribution in [2.45, 2.75) is 54.8 Å². The van der Waals surface area contributed by atoms with Crippen molar-refractivity contribution >= 4 is 39.2 Å². The van der Waals surface area contributed by atoms with E-state index in [0.29, 0.717) is 0 Å². The van der Waals surface area contributed by atoms with Crippen LogP contribution in [0.2, 0.25) is 0 Å². The number of nitriles is 1. The van der Waals surface area contributed by atoms with Gasteiger partial charge in [0.2, 0.25) is 5.91 Å². The first-order valence-electron chi connectivity index (χ1n) is 7.72. The largest absolute Gasteiger partial charge is 0.337 e. The smallest absolute Gasteiger partial charge is 0.234 e. The van der Waals surface area contributed by atoms with Crippen molar-refractivity contribution in [3.63, 3.8) is 0 Å². The highest BCUT2D eigenvalue weighted by Crippen LogP contribution is 2.32. The zero-order chi connectivity index (χ0) is 16.3. The molecule has 1 atom stereocenters. The van der Waals surface area contributed by atoms with E-state index in [1.807, 2.05) is 18.4 Å². The molecule has 0 bridgehead atoms. The third kappa shape index (κ3) is 3.48. The maximum atomic E-state index is 12.5. The van der Waals surface area contributed by atoms with Gasteiger partial charge in [-0.15, -0.1) is 11.3 Å². The summed E-state index contributed by atoms with van der Waals surface area (Å²) < 4.78 is 1.00. The van der Waals surface area contributed by atoms with Gasteiger partial charge in [0.15, 0.2) is 0 Å². The standard InChI is InChI=1S/C16H18N4OS2/c1-11(14(21)20-16(9-17)6-3-2-4-7-16)23-15-13-12(5-8-22-13)18-10-19-15/h5,8,10-11H,2-4,6-7H2,1H3,(H,20,21). The predicted octanol–water partition coefficient (Wildman–Crippen LogP) is 3.51. The molecule has 120 valence electrons. The van der Waals surface area contributed by atoms with E-state index in [0.717, 1.165) is 47.3 Å². The van der Waals surface area contributed by atoms with Gasteiger partial charge in [-0.1, -0.05) is 31.0 Å². The minimum atomic E-state index is -0.686. The van der Waals surface area contributed by atoms with Crippen LogP contribution >= 0.6 is 23.1 Å². The van der Waals surface area contributed by atoms with Gasteiger partial charge in [0.05, 0.1) is 21.5 Å². The van der Waals surface area contributed by atoms with Gasteiger partial charge in [-0.25, -0.2) is 9.97 Å². The van der Waals surface area contributed by atoms with E-state index in [9.17, 15) is 10.1 Å². The van der Waals surface area contributed by atoms with E-state index >= 15 is 0 Å². The topological polar surface area (TPSA) is 78.7 Å². The van der Waals surface area contributed by atoms with Gasteiger partial charge in [-0.05, 0) is 31.2 Å². The number of thioether (sulfide) groups is 1. The molecule has 0 radical (unpaired) electrons. The van der Waals surface area contributed by atoms with Crippen molar-refractivity contribution < 1.29 is 4.79 Å². The van der Waals surface area contributed by atoms with E-state index in [-0.39, 0.29) is 11.2 Å². The average molecular weight is 346 g/mol. The van der Waals surface area contributed by atoms with Gasteiger partial charge in [0.1, 0.15) is 16.9 Å². The maximum Gasteiger partial charge on any atom is 0.234 e. The zero-order valence-electron chi connectivity index (χ0n) is 12.9. The number of nitrogens with zero attached hydrogens (tertiary/aromatic N) is 3. The molecule has 1 aliphatic carbocycles. The summed E-state index contributed by atoms with van der Waals surface area (Å²) in [6.45, 7) is 1.86. The fraction of sp³-hybridized carbons (Fsp3) is 0.500. The van der Waals surface area contributed by atoms with Crippen molar-refractivity contribution in [3.8, 4) is 6.07 Å². The Morgan fingerprint density at radius 2 is 2.22 bits per heavy atom. The number of fused-ring (bicyclic) bond motifs is 1. The summed E-state index contributed by atoms with van der Waals surface area (Å²) in [6, 6.07) is 4.28. The SMILES string of the molecule is CC(Sc1ncnc2ccsc12)C(=O)NC1(C#N)CCCCC1. The highest BCUT2D eigenvalue weighted by Gasteiger charge is 2.35. The van der Waals surface area contributed by atoms with Crippen LogP contribution in [-0.2, 0) is 4.79 Å². The lowest BCUT2D eigenvalue weighted by Crippen LogP contribution is -2.50. The molecule has 0 saturated heterocycles. The van der Waals surface area contributed by atoms with Gasteiger partial charge < -0.3 is 5.32 Å². The maximum absolute atomic E-state index is 12.5. The summed E-state index contributed by atoms with van der Waals surface area (Å²) in [4.78, 5) is 21.0. The van der Waals surface area contributed by atoms with Crippen molar-refractivity contribution in [1.29, 1.82) is 5.26 Å². The van der Waals surface area contributed by atoms with Gasteiger partial charge in [-0.3, -0.25) is 4.79 Å². The number of nitrogens with one attached hydrogen (secondary N) is 1. The number of rotatable bonds is 4. The molecule has 0 aromatic carbocycles. The Labute approximate surface area is 143 Å². The number of thiophene rings is 1. The Bertz CT molecular complexity index is 746. The first-order chi connectivity index (χ1) is 11.1. The van der Waals surface area contributed by atoms with Crippen LogP contribution in [0, 0.1) is 11.3 Å². The van der Waals surface area contributed by atoms with Crippen LogP contribution in [0.1, 0.15) is 39.0 Å². The molecule has 2 aromatic heterocycles. The first kappa shape index (κ1) is 16.2. The third-order valence-corrected chi connectivity index (χ3v) is 6.29. The molecule has 2 heterocycles. The number of hydrogen-bond acceptors (Lipinski definition) is 6. The van der Waals surface area contributed by atoms with Gasteiger partial charge >= 0.3 is 0 Å². The van der Waals surface area contributed by atoms with E-state index in [1.165, 1.54) is 18.1 Å². The Morgan fingerprint density at radius 1 is 1.43 bits per heavy atom. The van der Waals surface area contributed by atoms with E-state index < -0.39 is 5.54 Å². The molecule has 1 unspecified atom stereocenters. The quantitative estimate of drug-likeness (QED) is 0.677.